The highest BCUT2D eigenvalue weighted by Gasteiger charge is 2.46. The smallest absolute Gasteiger partial charge is 0.257 e. The molecule has 0 saturated carbocycles. The van der Waals surface area contributed by atoms with E-state index in [9.17, 15) is 13.2 Å². The lowest BCUT2D eigenvalue weighted by Crippen LogP contribution is -2.70. The van der Waals surface area contributed by atoms with Crippen LogP contribution in [0.25, 0.3) is 0 Å². The molecule has 2 aromatic rings. The fourth-order valence-electron chi connectivity index (χ4n) is 4.73. The van der Waals surface area contributed by atoms with Crippen molar-refractivity contribution in [2.45, 2.75) is 30.3 Å². The minimum absolute atomic E-state index is 0.0744. The van der Waals surface area contributed by atoms with E-state index in [2.05, 4.69) is 18.7 Å². The molecule has 0 aromatic heterocycles. The van der Waals surface area contributed by atoms with Gasteiger partial charge in [-0.05, 0) is 38.1 Å². The van der Waals surface area contributed by atoms with Gasteiger partial charge in [-0.15, -0.1) is 0 Å². The van der Waals surface area contributed by atoms with Crippen LogP contribution in [0.1, 0.15) is 24.2 Å². The lowest BCUT2D eigenvalue weighted by molar-refractivity contribution is -0.0374. The molecule has 2 heterocycles. The number of sulfonamides is 1. The van der Waals surface area contributed by atoms with Crippen LogP contribution in [0.4, 0.5) is 0 Å². The maximum atomic E-state index is 13.3. The molecule has 8 heteroatoms. The highest BCUT2D eigenvalue weighted by molar-refractivity contribution is 7.89. The largest absolute Gasteiger partial charge is 0.496 e. The predicted octanol–water partition coefficient (Wildman–Crippen LogP) is 2.30. The Morgan fingerprint density at radius 2 is 1.68 bits per heavy atom. The number of fused-ring (bicyclic) bond motifs is 1. The molecule has 0 N–H and O–H groups in total. The molecule has 2 aliphatic rings. The van der Waals surface area contributed by atoms with Crippen molar-refractivity contribution in [1.29, 1.82) is 0 Å². The standard InChI is InChI=1S/C23H29N3O4S/c1-23(2)17-25(31(28,29)19-9-5-4-6-10-19)16-18-15-24(13-14-26(18)23)22(27)20-11-7-8-12-21(20)30-3/h4-12,18H,13-17H2,1-3H3/t18-/m0/s1. The Labute approximate surface area is 184 Å². The Morgan fingerprint density at radius 3 is 2.39 bits per heavy atom. The first-order chi connectivity index (χ1) is 14.7. The van der Waals surface area contributed by atoms with Crippen LogP contribution in [0.3, 0.4) is 0 Å². The van der Waals surface area contributed by atoms with Crippen LogP contribution < -0.4 is 4.74 Å². The number of hydrogen-bond acceptors (Lipinski definition) is 5. The van der Waals surface area contributed by atoms with Crippen molar-refractivity contribution in [3.63, 3.8) is 0 Å². The number of para-hydroxylation sites is 1. The summed E-state index contributed by atoms with van der Waals surface area (Å²) in [5.41, 5.74) is 0.201. The Bertz CT molecular complexity index is 1060. The summed E-state index contributed by atoms with van der Waals surface area (Å²) < 4.78 is 33.5. The summed E-state index contributed by atoms with van der Waals surface area (Å²) in [4.78, 5) is 17.7. The SMILES string of the molecule is COc1ccccc1C(=O)N1CCN2[C@@H](C1)CN(S(=O)(=O)c1ccccc1)CC2(C)C. The van der Waals surface area contributed by atoms with Gasteiger partial charge in [0.1, 0.15) is 5.75 Å². The van der Waals surface area contributed by atoms with E-state index in [1.165, 1.54) is 0 Å². The molecule has 7 nitrogen and oxygen atoms in total. The fourth-order valence-corrected chi connectivity index (χ4v) is 6.38. The summed E-state index contributed by atoms with van der Waals surface area (Å²) in [7, 11) is -2.05. The summed E-state index contributed by atoms with van der Waals surface area (Å²) >= 11 is 0. The van der Waals surface area contributed by atoms with Crippen LogP contribution in [0, 0.1) is 0 Å². The van der Waals surface area contributed by atoms with Crippen molar-refractivity contribution in [2.24, 2.45) is 0 Å². The zero-order valence-corrected chi connectivity index (χ0v) is 19.0. The molecule has 0 bridgehead atoms. The maximum absolute atomic E-state index is 13.3. The average Bonchev–Trinajstić information content (AvgIpc) is 2.78. The number of ether oxygens (including phenoxy) is 1. The molecular weight excluding hydrogens is 414 g/mol. The number of benzene rings is 2. The van der Waals surface area contributed by atoms with E-state index < -0.39 is 10.0 Å². The van der Waals surface area contributed by atoms with Crippen molar-refractivity contribution in [1.82, 2.24) is 14.1 Å². The van der Waals surface area contributed by atoms with E-state index in [1.54, 1.807) is 47.8 Å². The van der Waals surface area contributed by atoms with Crippen LogP contribution in [0.15, 0.2) is 59.5 Å². The van der Waals surface area contributed by atoms with Crippen LogP contribution >= 0.6 is 0 Å². The second-order valence-electron chi connectivity index (χ2n) is 8.72. The molecule has 2 aliphatic heterocycles. The van der Waals surface area contributed by atoms with Gasteiger partial charge in [0.15, 0.2) is 0 Å². The Hall–Kier alpha value is -2.42. The number of rotatable bonds is 4. The van der Waals surface area contributed by atoms with Gasteiger partial charge < -0.3 is 9.64 Å². The van der Waals surface area contributed by atoms with Gasteiger partial charge in [0.25, 0.3) is 5.91 Å². The number of amides is 1. The number of carbonyl (C=O) groups excluding carboxylic acids is 1. The van der Waals surface area contributed by atoms with Crippen molar-refractivity contribution in [3.8, 4) is 5.75 Å². The fraction of sp³-hybridized carbons (Fsp3) is 0.435. The van der Waals surface area contributed by atoms with E-state index in [0.717, 1.165) is 0 Å². The van der Waals surface area contributed by atoms with E-state index in [0.29, 0.717) is 48.9 Å². The zero-order chi connectivity index (χ0) is 22.2. The quantitative estimate of drug-likeness (QED) is 0.725. The van der Waals surface area contributed by atoms with Gasteiger partial charge >= 0.3 is 0 Å². The number of nitrogens with zero attached hydrogens (tertiary/aromatic N) is 3. The lowest BCUT2D eigenvalue weighted by atomic mass is 9.94. The second kappa shape index (κ2) is 8.26. The third-order valence-electron chi connectivity index (χ3n) is 6.24. The highest BCUT2D eigenvalue weighted by Crippen LogP contribution is 2.32. The molecule has 0 unspecified atom stereocenters. The Morgan fingerprint density at radius 1 is 1.00 bits per heavy atom. The van der Waals surface area contributed by atoms with Crippen molar-refractivity contribution in [3.05, 3.63) is 60.2 Å². The van der Waals surface area contributed by atoms with Gasteiger partial charge in [0.2, 0.25) is 10.0 Å². The van der Waals surface area contributed by atoms with Crippen LogP contribution in [-0.4, -0.2) is 79.8 Å². The number of piperazine rings is 2. The average molecular weight is 444 g/mol. The zero-order valence-electron chi connectivity index (χ0n) is 18.2. The molecule has 4 rings (SSSR count). The minimum Gasteiger partial charge on any atom is -0.496 e. The van der Waals surface area contributed by atoms with E-state index in [-0.39, 0.29) is 17.5 Å². The summed E-state index contributed by atoms with van der Waals surface area (Å²) in [5.74, 6) is 0.463. The van der Waals surface area contributed by atoms with Gasteiger partial charge in [-0.3, -0.25) is 9.69 Å². The molecule has 2 fully saturated rings. The van der Waals surface area contributed by atoms with E-state index in [4.69, 9.17) is 4.74 Å². The topological polar surface area (TPSA) is 70.2 Å². The van der Waals surface area contributed by atoms with Gasteiger partial charge in [-0.25, -0.2) is 8.42 Å². The van der Waals surface area contributed by atoms with Gasteiger partial charge in [0.05, 0.1) is 17.6 Å². The number of methoxy groups -OCH3 is 1. The van der Waals surface area contributed by atoms with Gasteiger partial charge in [-0.1, -0.05) is 30.3 Å². The summed E-state index contributed by atoms with van der Waals surface area (Å²) in [5, 5.41) is 0. The number of hydrogen-bond donors (Lipinski definition) is 0. The van der Waals surface area contributed by atoms with E-state index in [1.807, 2.05) is 23.1 Å². The summed E-state index contributed by atoms with van der Waals surface area (Å²) in [6.45, 7) is 6.70. The lowest BCUT2D eigenvalue weighted by Gasteiger charge is -2.55. The minimum atomic E-state index is -3.60. The molecule has 1 atom stereocenters. The molecule has 2 aromatic carbocycles. The highest BCUT2D eigenvalue weighted by atomic mass is 32.2. The maximum Gasteiger partial charge on any atom is 0.257 e. The van der Waals surface area contributed by atoms with E-state index >= 15 is 0 Å². The van der Waals surface area contributed by atoms with Crippen molar-refractivity contribution < 1.29 is 17.9 Å². The Balaban J connectivity index is 1.58. The van der Waals surface area contributed by atoms with Crippen LogP contribution in [0.2, 0.25) is 0 Å². The Kier molecular flexibility index (Phi) is 5.81. The molecule has 0 spiro atoms. The summed E-state index contributed by atoms with van der Waals surface area (Å²) in [6, 6.07) is 15.7. The molecular formula is C23H29N3O4S. The first-order valence-electron chi connectivity index (χ1n) is 10.5. The van der Waals surface area contributed by atoms with Crippen LogP contribution in [0.5, 0.6) is 5.75 Å². The third-order valence-corrected chi connectivity index (χ3v) is 8.07. The monoisotopic (exact) mass is 443 g/mol. The normalized spacial score (nSPS) is 22.0. The third kappa shape index (κ3) is 4.07. The number of carbonyl (C=O) groups is 1. The van der Waals surface area contributed by atoms with Gasteiger partial charge in [-0.2, -0.15) is 4.31 Å². The first-order valence-corrected chi connectivity index (χ1v) is 11.9. The first kappa shape index (κ1) is 21.8. The molecule has 166 valence electrons. The van der Waals surface area contributed by atoms with Crippen molar-refractivity contribution >= 4 is 15.9 Å². The predicted molar refractivity (Wildman–Crippen MR) is 119 cm³/mol. The molecule has 1 amide bonds. The van der Waals surface area contributed by atoms with Crippen molar-refractivity contribution in [2.75, 3.05) is 39.8 Å². The van der Waals surface area contributed by atoms with Gasteiger partial charge in [0, 0.05) is 44.3 Å². The molecule has 0 radical (unpaired) electrons. The van der Waals surface area contributed by atoms with Crippen LogP contribution in [-0.2, 0) is 10.0 Å². The molecule has 31 heavy (non-hydrogen) atoms. The molecule has 0 aliphatic carbocycles. The summed E-state index contributed by atoms with van der Waals surface area (Å²) in [6.07, 6.45) is 0. The molecule has 2 saturated heterocycles. The second-order valence-corrected chi connectivity index (χ2v) is 10.7.